The van der Waals surface area contributed by atoms with Crippen LogP contribution < -0.4 is 15.4 Å². The summed E-state index contributed by atoms with van der Waals surface area (Å²) >= 11 is 8.33. The Kier molecular flexibility index (Phi) is 15.6. The number of nitrogens with two attached hydrogens (primary N) is 1. The van der Waals surface area contributed by atoms with Gasteiger partial charge in [0.1, 0.15) is 0 Å². The molecule has 1 saturated heterocycles. The lowest BCUT2D eigenvalue weighted by Gasteiger charge is -2.21. The van der Waals surface area contributed by atoms with Crippen LogP contribution >= 0.6 is 23.5 Å². The van der Waals surface area contributed by atoms with Crippen LogP contribution in [0.25, 0.3) is 22.2 Å². The average molecular weight is 592 g/mol. The highest BCUT2D eigenvalue weighted by Crippen LogP contribution is 2.31. The number of pyridine rings is 2. The Hall–Kier alpha value is -3.39. The summed E-state index contributed by atoms with van der Waals surface area (Å²) in [6.45, 7) is 13.9. The molecule has 0 aliphatic carbocycles. The monoisotopic (exact) mass is 591 g/mol. The third-order valence-electron chi connectivity index (χ3n) is 5.66. The van der Waals surface area contributed by atoms with Crippen molar-refractivity contribution in [2.75, 3.05) is 28.5 Å². The van der Waals surface area contributed by atoms with Crippen molar-refractivity contribution < 1.29 is 4.79 Å². The van der Waals surface area contributed by atoms with E-state index in [0.29, 0.717) is 16.3 Å². The molecule has 0 saturated carbocycles. The number of hydrogen-bond acceptors (Lipinski definition) is 6. The Morgan fingerprint density at radius 3 is 2.44 bits per heavy atom. The first kappa shape index (κ1) is 33.8. The molecule has 1 fully saturated rings. The number of amides is 1. The first-order valence-electron chi connectivity index (χ1n) is 14.0. The van der Waals surface area contributed by atoms with Crippen LogP contribution in [-0.2, 0) is 0 Å². The molecule has 0 bridgehead atoms. The predicted octanol–water partition coefficient (Wildman–Crippen LogP) is 9.02. The fraction of sp³-hybridized carbons (Fsp3) is 0.303. The van der Waals surface area contributed by atoms with E-state index in [-0.39, 0.29) is 5.91 Å². The Labute approximate surface area is 254 Å². The van der Waals surface area contributed by atoms with Gasteiger partial charge in [-0.1, -0.05) is 45.2 Å². The van der Waals surface area contributed by atoms with Crippen LogP contribution in [0.5, 0.6) is 0 Å². The SMILES string of the molecule is C=C.CCC.CCN.O=C(Nc1ccc(Cl)c(-c2ccc3cnccc3n2)c1)c1ccc(N2CCCCCS2)cc1. The number of anilines is 2. The summed E-state index contributed by atoms with van der Waals surface area (Å²) in [4.78, 5) is 21.7. The zero-order valence-electron chi connectivity index (χ0n) is 24.4. The molecule has 3 heterocycles. The second-order valence-electron chi connectivity index (χ2n) is 9.07. The van der Waals surface area contributed by atoms with Crippen LogP contribution in [0, 0.1) is 0 Å². The van der Waals surface area contributed by atoms with Gasteiger partial charge in [-0.25, -0.2) is 4.98 Å². The van der Waals surface area contributed by atoms with E-state index < -0.39 is 0 Å². The summed E-state index contributed by atoms with van der Waals surface area (Å²) in [6, 6.07) is 19.0. The lowest BCUT2D eigenvalue weighted by atomic mass is 10.1. The van der Waals surface area contributed by atoms with Gasteiger partial charge in [0.2, 0.25) is 0 Å². The molecule has 1 amide bonds. The standard InChI is InChI=1S/C26H23ClN4OS.C3H8.C2H7N.C2H4/c27-23-10-7-20(16-22(23)25-11-6-19-17-28-13-12-24(19)30-25)29-26(32)18-4-8-21(9-5-18)31-14-2-1-3-15-33-31;1-3-2;1-2-3;1-2/h4-13,16-17H,1-3,14-15H2,(H,29,32);3H2,1-2H3;2-3H2,1H3;1-2H2. The second-order valence-corrected chi connectivity index (χ2v) is 10.6. The lowest BCUT2D eigenvalue weighted by Crippen LogP contribution is -2.15. The molecule has 3 N–H and O–H groups in total. The van der Waals surface area contributed by atoms with E-state index >= 15 is 0 Å². The van der Waals surface area contributed by atoms with Gasteiger partial charge in [-0.15, -0.1) is 13.2 Å². The van der Waals surface area contributed by atoms with Gasteiger partial charge in [0.25, 0.3) is 5.91 Å². The molecule has 2 aromatic heterocycles. The van der Waals surface area contributed by atoms with Crippen molar-refractivity contribution in [1.29, 1.82) is 0 Å². The predicted molar refractivity (Wildman–Crippen MR) is 180 cm³/mol. The molecule has 4 aromatic rings. The highest BCUT2D eigenvalue weighted by molar-refractivity contribution is 8.00. The van der Waals surface area contributed by atoms with Crippen LogP contribution in [-0.4, -0.2) is 34.7 Å². The van der Waals surface area contributed by atoms with Gasteiger partial charge in [0.05, 0.1) is 16.2 Å². The maximum Gasteiger partial charge on any atom is 0.255 e. The number of rotatable bonds is 4. The largest absolute Gasteiger partial charge is 0.331 e. The first-order chi connectivity index (χ1) is 20.0. The fourth-order valence-corrected chi connectivity index (χ4v) is 5.17. The summed E-state index contributed by atoms with van der Waals surface area (Å²) in [5, 5.41) is 4.53. The van der Waals surface area contributed by atoms with Gasteiger partial charge in [-0.05, 0) is 92.0 Å². The van der Waals surface area contributed by atoms with Crippen molar-refractivity contribution in [3.63, 3.8) is 0 Å². The normalized spacial score (nSPS) is 12.4. The average Bonchev–Trinajstić information content (AvgIpc) is 3.30. The molecule has 1 aliphatic heterocycles. The number of fused-ring (bicyclic) bond motifs is 1. The number of benzene rings is 2. The summed E-state index contributed by atoms with van der Waals surface area (Å²) < 4.78 is 2.33. The third kappa shape index (κ3) is 10.5. The minimum absolute atomic E-state index is 0.157. The molecular weight excluding hydrogens is 550 g/mol. The van der Waals surface area contributed by atoms with Gasteiger partial charge in [0.15, 0.2) is 0 Å². The van der Waals surface area contributed by atoms with Crippen molar-refractivity contribution in [1.82, 2.24) is 9.97 Å². The van der Waals surface area contributed by atoms with Crippen LogP contribution in [0.2, 0.25) is 5.02 Å². The van der Waals surface area contributed by atoms with E-state index in [2.05, 4.69) is 41.6 Å². The smallest absolute Gasteiger partial charge is 0.255 e. The first-order valence-corrected chi connectivity index (χ1v) is 15.3. The molecule has 0 unspecified atom stereocenters. The van der Waals surface area contributed by atoms with E-state index in [9.17, 15) is 4.79 Å². The van der Waals surface area contributed by atoms with Gasteiger partial charge in [0, 0.05) is 52.6 Å². The third-order valence-corrected chi connectivity index (χ3v) is 7.17. The summed E-state index contributed by atoms with van der Waals surface area (Å²) in [6.07, 6.45) is 8.49. The molecule has 41 heavy (non-hydrogen) atoms. The topological polar surface area (TPSA) is 84.1 Å². The van der Waals surface area contributed by atoms with Crippen LogP contribution in [0.1, 0.15) is 56.8 Å². The fourth-order valence-electron chi connectivity index (χ4n) is 3.87. The highest BCUT2D eigenvalue weighted by atomic mass is 35.5. The molecular formula is C33H42ClN5OS. The number of hydrogen-bond donors (Lipinski definition) is 2. The second kappa shape index (κ2) is 18.9. The van der Waals surface area contributed by atoms with Crippen molar-refractivity contribution in [2.45, 2.75) is 46.5 Å². The quantitative estimate of drug-likeness (QED) is 0.182. The van der Waals surface area contributed by atoms with Gasteiger partial charge in [-0.2, -0.15) is 0 Å². The van der Waals surface area contributed by atoms with E-state index in [1.807, 2.05) is 67.4 Å². The molecule has 5 rings (SSSR count). The van der Waals surface area contributed by atoms with Crippen molar-refractivity contribution >= 4 is 51.7 Å². The molecule has 1 aliphatic rings. The molecule has 8 heteroatoms. The number of nitrogens with zero attached hydrogens (tertiary/aromatic N) is 3. The molecule has 0 atom stereocenters. The number of nitrogens with one attached hydrogen (secondary N) is 1. The Bertz CT molecular complexity index is 1340. The lowest BCUT2D eigenvalue weighted by molar-refractivity contribution is 0.102. The Morgan fingerprint density at radius 1 is 1.02 bits per heavy atom. The van der Waals surface area contributed by atoms with Gasteiger partial charge >= 0.3 is 0 Å². The molecule has 0 radical (unpaired) electrons. The molecule has 218 valence electrons. The maximum absolute atomic E-state index is 12.9. The number of aromatic nitrogens is 2. The minimum Gasteiger partial charge on any atom is -0.331 e. The maximum atomic E-state index is 12.9. The van der Waals surface area contributed by atoms with E-state index in [1.165, 1.54) is 25.7 Å². The summed E-state index contributed by atoms with van der Waals surface area (Å²) in [5.74, 6) is 0.986. The minimum atomic E-state index is -0.157. The van der Waals surface area contributed by atoms with E-state index in [0.717, 1.165) is 46.7 Å². The summed E-state index contributed by atoms with van der Waals surface area (Å²) in [7, 11) is 0. The summed E-state index contributed by atoms with van der Waals surface area (Å²) in [5.41, 5.74) is 9.63. The van der Waals surface area contributed by atoms with Crippen LogP contribution in [0.3, 0.4) is 0 Å². The molecule has 6 nitrogen and oxygen atoms in total. The Balaban J connectivity index is 0.000000666. The highest BCUT2D eigenvalue weighted by Gasteiger charge is 2.13. The van der Waals surface area contributed by atoms with Crippen molar-refractivity contribution in [3.05, 3.63) is 96.8 Å². The zero-order valence-corrected chi connectivity index (χ0v) is 26.0. The van der Waals surface area contributed by atoms with Gasteiger partial charge < -0.3 is 15.4 Å². The Morgan fingerprint density at radius 2 is 1.73 bits per heavy atom. The van der Waals surface area contributed by atoms with Crippen LogP contribution in [0.4, 0.5) is 11.4 Å². The molecule has 0 spiro atoms. The number of carbonyl (C=O) groups excluding carboxylic acids is 1. The van der Waals surface area contributed by atoms with Gasteiger partial charge in [-0.3, -0.25) is 9.78 Å². The van der Waals surface area contributed by atoms with E-state index in [4.69, 9.17) is 22.3 Å². The molecule has 2 aromatic carbocycles. The number of halogens is 1. The van der Waals surface area contributed by atoms with Crippen molar-refractivity contribution in [3.8, 4) is 11.3 Å². The van der Waals surface area contributed by atoms with Crippen molar-refractivity contribution in [2.24, 2.45) is 5.73 Å². The number of carbonyl (C=O) groups is 1. The van der Waals surface area contributed by atoms with Crippen LogP contribution in [0.15, 0.2) is 86.2 Å². The zero-order chi connectivity index (χ0) is 30.0. The van der Waals surface area contributed by atoms with E-state index in [1.54, 1.807) is 24.5 Å².